The number of alkyl carbamates (subject to hydrolysis) is 1. The molecule has 2 heterocycles. The highest BCUT2D eigenvalue weighted by atomic mass is 32.1. The zero-order chi connectivity index (χ0) is 17.7. The Bertz CT molecular complexity index is 688. The summed E-state index contributed by atoms with van der Waals surface area (Å²) in [7, 11) is 0. The van der Waals surface area contributed by atoms with E-state index in [4.69, 9.17) is 9.15 Å². The lowest BCUT2D eigenvalue weighted by Crippen LogP contribution is -2.47. The van der Waals surface area contributed by atoms with Crippen molar-refractivity contribution in [1.29, 1.82) is 0 Å². The van der Waals surface area contributed by atoms with Crippen molar-refractivity contribution >= 4 is 28.5 Å². The van der Waals surface area contributed by atoms with Crippen LogP contribution in [0.2, 0.25) is 0 Å². The van der Waals surface area contributed by atoms with E-state index < -0.39 is 17.7 Å². The number of hydrogen-bond acceptors (Lipinski definition) is 6. The number of nitrogens with zero attached hydrogens (tertiary/aromatic N) is 1. The molecule has 0 fully saturated rings. The van der Waals surface area contributed by atoms with Gasteiger partial charge in [0.05, 0.1) is 6.26 Å². The Balaban J connectivity index is 2.06. The Morgan fingerprint density at radius 2 is 2.17 bits per heavy atom. The van der Waals surface area contributed by atoms with Crippen LogP contribution in [0.1, 0.15) is 31.4 Å². The van der Waals surface area contributed by atoms with E-state index in [1.807, 2.05) is 6.92 Å². The molecule has 2 rings (SSSR count). The van der Waals surface area contributed by atoms with Gasteiger partial charge in [-0.15, -0.1) is 11.3 Å². The minimum Gasteiger partial charge on any atom is -0.469 e. The van der Waals surface area contributed by atoms with Gasteiger partial charge in [0.2, 0.25) is 5.91 Å². The lowest BCUT2D eigenvalue weighted by molar-refractivity contribution is -0.118. The fourth-order valence-electron chi connectivity index (χ4n) is 1.89. The Morgan fingerprint density at radius 3 is 2.71 bits per heavy atom. The van der Waals surface area contributed by atoms with Gasteiger partial charge in [-0.3, -0.25) is 4.79 Å². The quantitative estimate of drug-likeness (QED) is 0.863. The number of aromatic nitrogens is 1. The molecule has 2 aromatic heterocycles. The van der Waals surface area contributed by atoms with E-state index in [2.05, 4.69) is 15.6 Å². The minimum atomic E-state index is -0.838. The van der Waals surface area contributed by atoms with Gasteiger partial charge in [-0.2, -0.15) is 0 Å². The third-order valence-electron chi connectivity index (χ3n) is 2.84. The molecule has 0 aromatic carbocycles. The molecule has 0 saturated heterocycles. The number of carbonyl (C=O) groups is 2. The van der Waals surface area contributed by atoms with Gasteiger partial charge in [-0.05, 0) is 39.8 Å². The van der Waals surface area contributed by atoms with Crippen molar-refractivity contribution in [2.45, 2.75) is 45.8 Å². The monoisotopic (exact) mass is 351 g/mol. The second kappa shape index (κ2) is 7.48. The molecule has 24 heavy (non-hydrogen) atoms. The summed E-state index contributed by atoms with van der Waals surface area (Å²) in [6.07, 6.45) is 2.73. The van der Waals surface area contributed by atoms with Crippen molar-refractivity contribution in [3.05, 3.63) is 35.2 Å². The van der Waals surface area contributed by atoms with Gasteiger partial charge < -0.3 is 19.8 Å². The number of rotatable bonds is 5. The molecule has 0 aliphatic rings. The van der Waals surface area contributed by atoms with Gasteiger partial charge in [0, 0.05) is 17.5 Å². The van der Waals surface area contributed by atoms with Crippen molar-refractivity contribution in [1.82, 2.24) is 10.3 Å². The SMILES string of the molecule is Cc1cnc(NC(=O)C(Cc2ccco2)NC(=O)OC(C)(C)C)s1. The van der Waals surface area contributed by atoms with Gasteiger partial charge in [0.25, 0.3) is 0 Å². The van der Waals surface area contributed by atoms with Crippen LogP contribution < -0.4 is 10.6 Å². The topological polar surface area (TPSA) is 93.5 Å². The molecule has 2 aromatic rings. The van der Waals surface area contributed by atoms with Crippen LogP contribution in [0.15, 0.2) is 29.0 Å². The van der Waals surface area contributed by atoms with Crippen LogP contribution in [-0.2, 0) is 16.0 Å². The number of aryl methyl sites for hydroxylation is 1. The number of anilines is 1. The van der Waals surface area contributed by atoms with Gasteiger partial charge in [0.1, 0.15) is 17.4 Å². The van der Waals surface area contributed by atoms with E-state index in [0.29, 0.717) is 10.9 Å². The predicted octanol–water partition coefficient (Wildman–Crippen LogP) is 3.12. The minimum absolute atomic E-state index is 0.211. The van der Waals surface area contributed by atoms with Gasteiger partial charge >= 0.3 is 6.09 Å². The Kier molecular flexibility index (Phi) is 5.61. The highest BCUT2D eigenvalue weighted by Gasteiger charge is 2.26. The van der Waals surface area contributed by atoms with Crippen LogP contribution in [-0.4, -0.2) is 28.6 Å². The molecule has 2 N–H and O–H groups in total. The van der Waals surface area contributed by atoms with Crippen molar-refractivity contribution in [3.63, 3.8) is 0 Å². The Hall–Kier alpha value is -2.35. The molecule has 2 amide bonds. The van der Waals surface area contributed by atoms with E-state index in [9.17, 15) is 9.59 Å². The van der Waals surface area contributed by atoms with Crippen LogP contribution in [0.4, 0.5) is 9.93 Å². The largest absolute Gasteiger partial charge is 0.469 e. The molecule has 0 saturated carbocycles. The first-order valence-electron chi connectivity index (χ1n) is 7.48. The Labute approximate surface area is 144 Å². The third-order valence-corrected chi connectivity index (χ3v) is 3.67. The molecule has 0 aliphatic carbocycles. The van der Waals surface area contributed by atoms with Gasteiger partial charge in [-0.1, -0.05) is 0 Å². The number of amides is 2. The molecular formula is C16H21N3O4S. The third kappa shape index (κ3) is 5.69. The van der Waals surface area contributed by atoms with E-state index in [0.717, 1.165) is 4.88 Å². The normalized spacial score (nSPS) is 12.5. The second-order valence-corrected chi connectivity index (χ2v) is 7.48. The maximum atomic E-state index is 12.5. The van der Waals surface area contributed by atoms with Crippen molar-refractivity contribution in [2.75, 3.05) is 5.32 Å². The summed E-state index contributed by atoms with van der Waals surface area (Å²) in [5, 5.41) is 5.76. The van der Waals surface area contributed by atoms with E-state index in [-0.39, 0.29) is 12.3 Å². The van der Waals surface area contributed by atoms with E-state index >= 15 is 0 Å². The van der Waals surface area contributed by atoms with Crippen LogP contribution in [0.5, 0.6) is 0 Å². The van der Waals surface area contributed by atoms with E-state index in [1.54, 1.807) is 39.1 Å². The fraction of sp³-hybridized carbons (Fsp3) is 0.438. The summed E-state index contributed by atoms with van der Waals surface area (Å²) in [6.45, 7) is 7.16. The first-order chi connectivity index (χ1) is 11.2. The molecule has 0 aliphatic heterocycles. The maximum Gasteiger partial charge on any atom is 0.408 e. The number of carbonyl (C=O) groups excluding carboxylic acids is 2. The van der Waals surface area contributed by atoms with Crippen LogP contribution in [0.25, 0.3) is 0 Å². The number of ether oxygens (including phenoxy) is 1. The van der Waals surface area contributed by atoms with Crippen LogP contribution >= 0.6 is 11.3 Å². The molecule has 1 unspecified atom stereocenters. The lowest BCUT2D eigenvalue weighted by atomic mass is 10.1. The van der Waals surface area contributed by atoms with Crippen LogP contribution in [0.3, 0.4) is 0 Å². The smallest absolute Gasteiger partial charge is 0.408 e. The summed E-state index contributed by atoms with van der Waals surface area (Å²) in [6, 6.07) is 2.63. The molecule has 1 atom stereocenters. The first kappa shape index (κ1) is 18.0. The standard InChI is InChI=1S/C16H21N3O4S/c1-10-9-17-14(24-10)19-13(20)12(8-11-6-5-7-22-11)18-15(21)23-16(2,3)4/h5-7,9,12H,8H2,1-4H3,(H,18,21)(H,17,19,20). The van der Waals surface area contributed by atoms with Crippen LogP contribution in [0, 0.1) is 6.92 Å². The number of nitrogens with one attached hydrogen (secondary N) is 2. The molecule has 0 radical (unpaired) electrons. The fourth-order valence-corrected chi connectivity index (χ4v) is 2.56. The number of hydrogen-bond donors (Lipinski definition) is 2. The molecule has 7 nitrogen and oxygen atoms in total. The second-order valence-electron chi connectivity index (χ2n) is 6.25. The summed E-state index contributed by atoms with van der Waals surface area (Å²) in [4.78, 5) is 29.6. The molecule has 130 valence electrons. The van der Waals surface area contributed by atoms with Crippen molar-refractivity contribution < 1.29 is 18.7 Å². The molecule has 8 heteroatoms. The number of thiazole rings is 1. The van der Waals surface area contributed by atoms with Crippen molar-refractivity contribution in [3.8, 4) is 0 Å². The highest BCUT2D eigenvalue weighted by Crippen LogP contribution is 2.17. The van der Waals surface area contributed by atoms with E-state index in [1.165, 1.54) is 17.6 Å². The summed E-state index contributed by atoms with van der Waals surface area (Å²) >= 11 is 1.36. The molecule has 0 bridgehead atoms. The average molecular weight is 351 g/mol. The van der Waals surface area contributed by atoms with Crippen molar-refractivity contribution in [2.24, 2.45) is 0 Å². The molecular weight excluding hydrogens is 330 g/mol. The first-order valence-corrected chi connectivity index (χ1v) is 8.30. The summed E-state index contributed by atoms with van der Waals surface area (Å²) < 4.78 is 10.5. The van der Waals surface area contributed by atoms with Gasteiger partial charge in [-0.25, -0.2) is 9.78 Å². The zero-order valence-electron chi connectivity index (χ0n) is 14.1. The summed E-state index contributed by atoms with van der Waals surface area (Å²) in [5.41, 5.74) is -0.651. The highest BCUT2D eigenvalue weighted by molar-refractivity contribution is 7.15. The Morgan fingerprint density at radius 1 is 1.42 bits per heavy atom. The predicted molar refractivity (Wildman–Crippen MR) is 91.1 cm³/mol. The maximum absolute atomic E-state index is 12.5. The average Bonchev–Trinajstić information content (AvgIpc) is 3.08. The summed E-state index contributed by atoms with van der Waals surface area (Å²) in [5.74, 6) is 0.202. The molecule has 0 spiro atoms. The number of furan rings is 1. The lowest BCUT2D eigenvalue weighted by Gasteiger charge is -2.22. The zero-order valence-corrected chi connectivity index (χ0v) is 14.9. The van der Waals surface area contributed by atoms with Gasteiger partial charge in [0.15, 0.2) is 5.13 Å².